The molecule has 5 nitrogen and oxygen atoms in total. The van der Waals surface area contributed by atoms with Crippen molar-refractivity contribution in [2.24, 2.45) is 0 Å². The number of benzene rings is 2. The lowest BCUT2D eigenvalue weighted by Gasteiger charge is -2.13. The highest BCUT2D eigenvalue weighted by Gasteiger charge is 2.14. The zero-order chi connectivity index (χ0) is 17.9. The summed E-state index contributed by atoms with van der Waals surface area (Å²) in [6.45, 7) is 3.14. The molecule has 0 spiro atoms. The third kappa shape index (κ3) is 3.33. The number of fused-ring (bicyclic) bond motifs is 1. The number of rotatable bonds is 5. The van der Waals surface area contributed by atoms with Crippen molar-refractivity contribution in [1.29, 1.82) is 0 Å². The van der Waals surface area contributed by atoms with Gasteiger partial charge >= 0.3 is 0 Å². The van der Waals surface area contributed by atoms with E-state index in [0.717, 1.165) is 24.3 Å². The van der Waals surface area contributed by atoms with Gasteiger partial charge in [0.1, 0.15) is 11.8 Å². The highest BCUT2D eigenvalue weighted by atomic mass is 16.5. The molecule has 132 valence electrons. The molecule has 1 N–H and O–H groups in total. The van der Waals surface area contributed by atoms with Crippen molar-refractivity contribution < 1.29 is 9.53 Å². The molecule has 2 aromatic carbocycles. The number of amides is 1. The lowest BCUT2D eigenvalue weighted by atomic mass is 10.0. The second-order valence-corrected chi connectivity index (χ2v) is 6.52. The maximum atomic E-state index is 12.2. The first-order valence-corrected chi connectivity index (χ1v) is 8.81. The quantitative estimate of drug-likeness (QED) is 0.770. The Hall–Kier alpha value is -3.08. The number of imidazole rings is 1. The van der Waals surface area contributed by atoms with E-state index < -0.39 is 0 Å². The van der Waals surface area contributed by atoms with Crippen LogP contribution in [0.25, 0.3) is 11.1 Å². The van der Waals surface area contributed by atoms with Crippen LogP contribution in [-0.2, 0) is 17.8 Å². The van der Waals surface area contributed by atoms with E-state index >= 15 is 0 Å². The number of nitrogens with one attached hydrogen (secondary N) is 1. The minimum absolute atomic E-state index is 0.0225. The average Bonchev–Trinajstić information content (AvgIpc) is 3.37. The predicted molar refractivity (Wildman–Crippen MR) is 99.9 cm³/mol. The van der Waals surface area contributed by atoms with E-state index in [-0.39, 0.29) is 11.9 Å². The second kappa shape index (κ2) is 7.04. The van der Waals surface area contributed by atoms with E-state index in [1.54, 1.807) is 23.3 Å². The summed E-state index contributed by atoms with van der Waals surface area (Å²) in [6, 6.07) is 14.4. The van der Waals surface area contributed by atoms with Crippen LogP contribution in [0, 0.1) is 0 Å². The zero-order valence-electron chi connectivity index (χ0n) is 14.7. The van der Waals surface area contributed by atoms with Crippen molar-refractivity contribution >= 4 is 5.91 Å². The van der Waals surface area contributed by atoms with Crippen LogP contribution in [0.4, 0.5) is 0 Å². The Labute approximate surface area is 152 Å². The molecule has 0 aliphatic carbocycles. The first-order chi connectivity index (χ1) is 12.7. The number of hydrogen-bond acceptors (Lipinski definition) is 3. The maximum Gasteiger partial charge on any atom is 0.243 e. The van der Waals surface area contributed by atoms with Crippen LogP contribution in [0.5, 0.6) is 5.75 Å². The van der Waals surface area contributed by atoms with Gasteiger partial charge in [0.15, 0.2) is 0 Å². The molecule has 2 heterocycles. The van der Waals surface area contributed by atoms with Crippen molar-refractivity contribution in [3.63, 3.8) is 0 Å². The van der Waals surface area contributed by atoms with E-state index in [4.69, 9.17) is 4.74 Å². The molecular weight excluding hydrogens is 326 g/mol. The van der Waals surface area contributed by atoms with Crippen LogP contribution in [0.3, 0.4) is 0 Å². The topological polar surface area (TPSA) is 56.1 Å². The summed E-state index contributed by atoms with van der Waals surface area (Å²) in [5.74, 6) is 0.978. The van der Waals surface area contributed by atoms with Crippen molar-refractivity contribution in [2.75, 3.05) is 6.61 Å². The summed E-state index contributed by atoms with van der Waals surface area (Å²) in [6.07, 6.45) is 6.09. The van der Waals surface area contributed by atoms with Gasteiger partial charge in [-0.05, 0) is 41.3 Å². The predicted octanol–water partition coefficient (Wildman–Crippen LogP) is 3.36. The molecule has 1 unspecified atom stereocenters. The summed E-state index contributed by atoms with van der Waals surface area (Å²) < 4.78 is 7.35. The van der Waals surface area contributed by atoms with Gasteiger partial charge in [-0.1, -0.05) is 30.3 Å². The molecule has 1 amide bonds. The molecule has 0 saturated carbocycles. The summed E-state index contributed by atoms with van der Waals surface area (Å²) in [5.41, 5.74) is 4.71. The summed E-state index contributed by atoms with van der Waals surface area (Å²) >= 11 is 0. The maximum absolute atomic E-state index is 12.2. The van der Waals surface area contributed by atoms with Crippen molar-refractivity contribution in [2.45, 2.75) is 25.9 Å². The fourth-order valence-corrected chi connectivity index (χ4v) is 3.15. The van der Waals surface area contributed by atoms with Crippen molar-refractivity contribution in [3.05, 3.63) is 72.3 Å². The zero-order valence-corrected chi connectivity index (χ0v) is 14.7. The van der Waals surface area contributed by atoms with Gasteiger partial charge in [0.25, 0.3) is 0 Å². The molecule has 3 aromatic rings. The fourth-order valence-electron chi connectivity index (χ4n) is 3.15. The molecule has 1 aliphatic rings. The summed E-state index contributed by atoms with van der Waals surface area (Å²) in [7, 11) is 0. The summed E-state index contributed by atoms with van der Waals surface area (Å²) in [5, 5.41) is 2.98. The van der Waals surface area contributed by atoms with Gasteiger partial charge in [0.2, 0.25) is 5.91 Å². The normalized spacial score (nSPS) is 13.7. The second-order valence-electron chi connectivity index (χ2n) is 6.52. The number of aromatic nitrogens is 2. The highest BCUT2D eigenvalue weighted by Crippen LogP contribution is 2.30. The van der Waals surface area contributed by atoms with Gasteiger partial charge in [-0.3, -0.25) is 4.79 Å². The van der Waals surface area contributed by atoms with Gasteiger partial charge in [-0.25, -0.2) is 4.98 Å². The molecular formula is C21H21N3O2. The first-order valence-electron chi connectivity index (χ1n) is 8.81. The molecule has 5 heteroatoms. The van der Waals surface area contributed by atoms with Gasteiger partial charge in [0.05, 0.1) is 12.9 Å². The third-order valence-corrected chi connectivity index (χ3v) is 4.79. The minimum atomic E-state index is -0.273. The Bertz CT molecular complexity index is 902. The van der Waals surface area contributed by atoms with Crippen LogP contribution >= 0.6 is 0 Å². The Morgan fingerprint density at radius 1 is 1.23 bits per heavy atom. The Kier molecular flexibility index (Phi) is 4.44. The van der Waals surface area contributed by atoms with Crippen LogP contribution in [0.2, 0.25) is 0 Å². The van der Waals surface area contributed by atoms with Crippen molar-refractivity contribution in [1.82, 2.24) is 14.9 Å². The molecule has 1 aromatic heterocycles. The van der Waals surface area contributed by atoms with Gasteiger partial charge in [0, 0.05) is 25.4 Å². The minimum Gasteiger partial charge on any atom is -0.493 e. The molecule has 26 heavy (non-hydrogen) atoms. The molecule has 0 bridgehead atoms. The van der Waals surface area contributed by atoms with Crippen LogP contribution in [-0.4, -0.2) is 22.1 Å². The number of carbonyl (C=O) groups excluding carboxylic acids is 1. The number of hydrogen-bond donors (Lipinski definition) is 1. The van der Waals surface area contributed by atoms with E-state index in [2.05, 4.69) is 46.7 Å². The Balaban J connectivity index is 1.39. The molecule has 4 rings (SSSR count). The lowest BCUT2D eigenvalue weighted by molar-refractivity contribution is -0.124. The van der Waals surface area contributed by atoms with Crippen LogP contribution in [0.15, 0.2) is 61.2 Å². The van der Waals surface area contributed by atoms with E-state index in [9.17, 15) is 4.79 Å². The molecule has 0 fully saturated rings. The number of ether oxygens (including phenoxy) is 1. The number of carbonyl (C=O) groups is 1. The Morgan fingerprint density at radius 3 is 2.81 bits per heavy atom. The van der Waals surface area contributed by atoms with Gasteiger partial charge < -0.3 is 14.6 Å². The van der Waals surface area contributed by atoms with Gasteiger partial charge in [-0.15, -0.1) is 0 Å². The van der Waals surface area contributed by atoms with Crippen molar-refractivity contribution in [3.8, 4) is 16.9 Å². The van der Waals surface area contributed by atoms with E-state index in [0.29, 0.717) is 6.54 Å². The Morgan fingerprint density at radius 2 is 2.04 bits per heavy atom. The average molecular weight is 347 g/mol. The molecule has 1 atom stereocenters. The highest BCUT2D eigenvalue weighted by molar-refractivity contribution is 5.79. The van der Waals surface area contributed by atoms with Crippen LogP contribution < -0.4 is 10.1 Å². The first kappa shape index (κ1) is 16.4. The largest absolute Gasteiger partial charge is 0.493 e. The monoisotopic (exact) mass is 347 g/mol. The molecule has 0 radical (unpaired) electrons. The fraction of sp³-hybridized carbons (Fsp3) is 0.238. The third-order valence-electron chi connectivity index (χ3n) is 4.79. The molecule has 1 aliphatic heterocycles. The van der Waals surface area contributed by atoms with E-state index in [1.807, 2.05) is 13.0 Å². The number of nitrogens with zero attached hydrogens (tertiary/aromatic N) is 2. The standard InChI is InChI=1S/C21H21N3O2/c1-15(24-10-9-22-14-24)21(25)23-13-16-2-4-17(5-3-16)18-6-7-20-19(12-18)8-11-26-20/h2-7,9-10,12,14-15H,8,11,13H2,1H3,(H,23,25). The smallest absolute Gasteiger partial charge is 0.243 e. The van der Waals surface area contributed by atoms with Crippen LogP contribution in [0.1, 0.15) is 24.1 Å². The summed E-state index contributed by atoms with van der Waals surface area (Å²) in [4.78, 5) is 16.2. The SMILES string of the molecule is CC(C(=O)NCc1ccc(-c2ccc3c(c2)CCO3)cc1)n1ccnc1. The van der Waals surface area contributed by atoms with Gasteiger partial charge in [-0.2, -0.15) is 0 Å². The molecule has 0 saturated heterocycles. The lowest BCUT2D eigenvalue weighted by Crippen LogP contribution is -2.30. The van der Waals surface area contributed by atoms with E-state index in [1.165, 1.54) is 16.7 Å².